The predicted molar refractivity (Wildman–Crippen MR) is 113 cm³/mol. The number of hydrogen-bond donors (Lipinski definition) is 0. The molecule has 3 rings (SSSR count). The molecule has 0 atom stereocenters. The van der Waals surface area contributed by atoms with Crippen molar-refractivity contribution in [3.05, 3.63) is 57.0 Å². The predicted octanol–water partition coefficient (Wildman–Crippen LogP) is 4.09. The molecule has 0 unspecified atom stereocenters. The van der Waals surface area contributed by atoms with Crippen LogP contribution >= 0.6 is 11.3 Å². The van der Waals surface area contributed by atoms with Crippen molar-refractivity contribution >= 4 is 16.3 Å². The van der Waals surface area contributed by atoms with Crippen LogP contribution in [0.15, 0.2) is 35.1 Å². The lowest BCUT2D eigenvalue weighted by molar-refractivity contribution is 0.254. The second kappa shape index (κ2) is 9.30. The molecule has 0 aliphatic rings. The van der Waals surface area contributed by atoms with Gasteiger partial charge in [-0.3, -0.25) is 9.69 Å². The van der Waals surface area contributed by atoms with Crippen molar-refractivity contribution < 1.29 is 4.74 Å². The molecule has 7 heteroatoms. The molecule has 3 aromatic rings. The maximum atomic E-state index is 12.5. The topological polar surface area (TPSA) is 59.7 Å². The monoisotopic (exact) mass is 400 g/mol. The molecule has 2 aromatic heterocycles. The summed E-state index contributed by atoms with van der Waals surface area (Å²) in [5, 5.41) is 5.33. The van der Waals surface area contributed by atoms with Gasteiger partial charge in [0.1, 0.15) is 10.8 Å². The molecule has 0 aliphatic carbocycles. The summed E-state index contributed by atoms with van der Waals surface area (Å²) in [6.45, 7) is 11.3. The average Bonchev–Trinajstić information content (AvgIpc) is 3.09. The molecule has 0 saturated carbocycles. The Morgan fingerprint density at radius 3 is 2.57 bits per heavy atom. The minimum Gasteiger partial charge on any atom is -0.494 e. The van der Waals surface area contributed by atoms with E-state index < -0.39 is 0 Å². The van der Waals surface area contributed by atoms with Gasteiger partial charge in [-0.05, 0) is 37.6 Å². The summed E-state index contributed by atoms with van der Waals surface area (Å²) >= 11 is 1.49. The minimum absolute atomic E-state index is 0.110. The van der Waals surface area contributed by atoms with Crippen LogP contribution < -0.4 is 10.3 Å². The van der Waals surface area contributed by atoms with Crippen LogP contribution in [0.1, 0.15) is 56.3 Å². The first kappa shape index (κ1) is 20.5. The van der Waals surface area contributed by atoms with E-state index in [1.807, 2.05) is 19.1 Å². The SMILES string of the molecule is CCCN(Cc1ccc(OCC)cc1)Cc1cc(=O)n2nc(C(C)C)sc2n1. The van der Waals surface area contributed by atoms with Gasteiger partial charge in [-0.2, -0.15) is 9.61 Å². The van der Waals surface area contributed by atoms with E-state index >= 15 is 0 Å². The molecule has 150 valence electrons. The zero-order chi connectivity index (χ0) is 20.1. The Bertz CT molecular complexity index is 963. The number of hydrogen-bond acceptors (Lipinski definition) is 6. The Labute approximate surface area is 169 Å². The van der Waals surface area contributed by atoms with Crippen molar-refractivity contribution in [2.45, 2.75) is 53.1 Å². The number of rotatable bonds is 9. The lowest BCUT2D eigenvalue weighted by Crippen LogP contribution is -2.26. The molecule has 6 nitrogen and oxygen atoms in total. The quantitative estimate of drug-likeness (QED) is 0.541. The highest BCUT2D eigenvalue weighted by molar-refractivity contribution is 7.16. The summed E-state index contributed by atoms with van der Waals surface area (Å²) in [4.78, 5) is 20.2. The first-order valence-electron chi connectivity index (χ1n) is 9.84. The standard InChI is InChI=1S/C21H28N4O2S/c1-5-11-24(13-16-7-9-18(10-8-16)27-6-2)14-17-12-19(26)25-21(22-17)28-20(23-25)15(3)4/h7-10,12,15H,5-6,11,13-14H2,1-4H3. The zero-order valence-corrected chi connectivity index (χ0v) is 17.8. The van der Waals surface area contributed by atoms with Gasteiger partial charge in [-0.15, -0.1) is 0 Å². The highest BCUT2D eigenvalue weighted by Crippen LogP contribution is 2.20. The van der Waals surface area contributed by atoms with Crippen molar-refractivity contribution in [3.63, 3.8) is 0 Å². The van der Waals surface area contributed by atoms with E-state index in [1.165, 1.54) is 21.4 Å². The molecule has 1 aromatic carbocycles. The summed E-state index contributed by atoms with van der Waals surface area (Å²) in [7, 11) is 0. The fourth-order valence-corrected chi connectivity index (χ4v) is 3.99. The normalized spacial score (nSPS) is 11.6. The van der Waals surface area contributed by atoms with E-state index in [-0.39, 0.29) is 11.5 Å². The molecule has 0 aliphatic heterocycles. The molecule has 28 heavy (non-hydrogen) atoms. The van der Waals surface area contributed by atoms with Crippen LogP contribution in [-0.2, 0) is 13.1 Å². The van der Waals surface area contributed by atoms with Gasteiger partial charge in [0.2, 0.25) is 4.96 Å². The summed E-state index contributed by atoms with van der Waals surface area (Å²) < 4.78 is 6.93. The molecular formula is C21H28N4O2S. The largest absolute Gasteiger partial charge is 0.494 e. The van der Waals surface area contributed by atoms with Gasteiger partial charge in [-0.1, -0.05) is 44.2 Å². The van der Waals surface area contributed by atoms with Crippen LogP contribution in [0, 0.1) is 0 Å². The lowest BCUT2D eigenvalue weighted by atomic mass is 10.2. The third-order valence-electron chi connectivity index (χ3n) is 4.37. The van der Waals surface area contributed by atoms with E-state index in [0.717, 1.165) is 36.0 Å². The van der Waals surface area contributed by atoms with Gasteiger partial charge in [0.25, 0.3) is 5.56 Å². The minimum atomic E-state index is -0.110. The van der Waals surface area contributed by atoms with Crippen LogP contribution in [0.2, 0.25) is 0 Å². The zero-order valence-electron chi connectivity index (χ0n) is 17.0. The second-order valence-electron chi connectivity index (χ2n) is 7.16. The Morgan fingerprint density at radius 1 is 1.18 bits per heavy atom. The highest BCUT2D eigenvalue weighted by atomic mass is 32.1. The van der Waals surface area contributed by atoms with E-state index in [2.05, 4.69) is 42.9 Å². The van der Waals surface area contributed by atoms with Gasteiger partial charge in [0.15, 0.2) is 0 Å². The number of nitrogens with zero attached hydrogens (tertiary/aromatic N) is 4. The first-order chi connectivity index (χ1) is 13.5. The summed E-state index contributed by atoms with van der Waals surface area (Å²) in [5.74, 6) is 1.17. The van der Waals surface area contributed by atoms with Crippen molar-refractivity contribution in [2.24, 2.45) is 0 Å². The van der Waals surface area contributed by atoms with Crippen LogP contribution in [0.5, 0.6) is 5.75 Å². The molecule has 0 radical (unpaired) electrons. The molecule has 0 spiro atoms. The Morgan fingerprint density at radius 2 is 1.93 bits per heavy atom. The van der Waals surface area contributed by atoms with Gasteiger partial charge in [0, 0.05) is 25.1 Å². The Balaban J connectivity index is 1.78. The van der Waals surface area contributed by atoms with E-state index in [0.29, 0.717) is 18.1 Å². The molecule has 2 heterocycles. The summed E-state index contributed by atoms with van der Waals surface area (Å²) in [6.07, 6.45) is 1.04. The molecule has 0 bridgehead atoms. The fraction of sp³-hybridized carbons (Fsp3) is 0.476. The fourth-order valence-electron chi connectivity index (χ4n) is 3.06. The Kier molecular flexibility index (Phi) is 6.80. The van der Waals surface area contributed by atoms with Crippen LogP contribution in [0.3, 0.4) is 0 Å². The molecule has 0 amide bonds. The van der Waals surface area contributed by atoms with Crippen LogP contribution in [-0.4, -0.2) is 32.6 Å². The molecule has 0 fully saturated rings. The number of aromatic nitrogens is 3. The lowest BCUT2D eigenvalue weighted by Gasteiger charge is -2.21. The van der Waals surface area contributed by atoms with Crippen molar-refractivity contribution in [2.75, 3.05) is 13.2 Å². The van der Waals surface area contributed by atoms with Crippen LogP contribution in [0.4, 0.5) is 0 Å². The maximum absolute atomic E-state index is 12.5. The van der Waals surface area contributed by atoms with Crippen molar-refractivity contribution in [3.8, 4) is 5.75 Å². The number of benzene rings is 1. The average molecular weight is 401 g/mol. The molecular weight excluding hydrogens is 372 g/mol. The van der Waals surface area contributed by atoms with Crippen molar-refractivity contribution in [1.82, 2.24) is 19.5 Å². The second-order valence-corrected chi connectivity index (χ2v) is 8.15. The highest BCUT2D eigenvalue weighted by Gasteiger charge is 2.13. The van der Waals surface area contributed by atoms with Gasteiger partial charge in [-0.25, -0.2) is 4.98 Å². The van der Waals surface area contributed by atoms with Gasteiger partial charge < -0.3 is 4.74 Å². The third-order valence-corrected chi connectivity index (χ3v) is 5.58. The maximum Gasteiger partial charge on any atom is 0.275 e. The van der Waals surface area contributed by atoms with E-state index in [9.17, 15) is 4.79 Å². The van der Waals surface area contributed by atoms with E-state index in [4.69, 9.17) is 9.72 Å². The number of ether oxygens (including phenoxy) is 1. The van der Waals surface area contributed by atoms with E-state index in [1.54, 1.807) is 6.07 Å². The molecule has 0 saturated heterocycles. The Hall–Kier alpha value is -2.25. The van der Waals surface area contributed by atoms with Gasteiger partial charge in [0.05, 0.1) is 12.3 Å². The summed E-state index contributed by atoms with van der Waals surface area (Å²) in [5.41, 5.74) is 1.90. The summed E-state index contributed by atoms with van der Waals surface area (Å²) in [6, 6.07) is 9.81. The van der Waals surface area contributed by atoms with Crippen LogP contribution in [0.25, 0.3) is 4.96 Å². The molecule has 0 N–H and O–H groups in total. The van der Waals surface area contributed by atoms with Crippen molar-refractivity contribution in [1.29, 1.82) is 0 Å². The third kappa shape index (κ3) is 4.97. The van der Waals surface area contributed by atoms with Gasteiger partial charge >= 0.3 is 0 Å². The smallest absolute Gasteiger partial charge is 0.275 e. The first-order valence-corrected chi connectivity index (χ1v) is 10.7. The number of fused-ring (bicyclic) bond motifs is 1.